The lowest BCUT2D eigenvalue weighted by Crippen LogP contribution is -2.23. The molecule has 2 fully saturated rings. The molecule has 0 heterocycles. The maximum absolute atomic E-state index is 12.4. The van der Waals surface area contributed by atoms with Gasteiger partial charge in [0.05, 0.1) is 11.5 Å². The zero-order chi connectivity index (χ0) is 15.0. The fourth-order valence-corrected chi connectivity index (χ4v) is 3.58. The maximum atomic E-state index is 12.4. The quantitative estimate of drug-likeness (QED) is 0.782. The monoisotopic (exact) mass is 298 g/mol. The maximum Gasteiger partial charge on any atom is 0.416 e. The lowest BCUT2D eigenvalue weighted by atomic mass is 9.89. The van der Waals surface area contributed by atoms with Crippen molar-refractivity contribution in [3.63, 3.8) is 0 Å². The zero-order valence-electron chi connectivity index (χ0n) is 11.5. The highest BCUT2D eigenvalue weighted by atomic mass is 19.4. The van der Waals surface area contributed by atoms with Gasteiger partial charge < -0.3 is 4.74 Å². The first-order chi connectivity index (χ1) is 9.93. The molecule has 5 heteroatoms. The highest BCUT2D eigenvalue weighted by molar-refractivity contribution is 5.73. The number of carbonyl (C=O) groups excluding carboxylic acids is 1. The predicted molar refractivity (Wildman–Crippen MR) is 70.2 cm³/mol. The molecule has 0 N–H and O–H groups in total. The van der Waals surface area contributed by atoms with Crippen LogP contribution in [0.1, 0.15) is 36.8 Å². The van der Waals surface area contributed by atoms with Crippen LogP contribution in [0.4, 0.5) is 13.2 Å². The van der Waals surface area contributed by atoms with E-state index in [9.17, 15) is 18.0 Å². The van der Waals surface area contributed by atoms with Gasteiger partial charge in [-0.1, -0.05) is 18.6 Å². The molecule has 2 bridgehead atoms. The molecule has 0 saturated heterocycles. The van der Waals surface area contributed by atoms with Gasteiger partial charge >= 0.3 is 12.1 Å². The first kappa shape index (κ1) is 14.4. The van der Waals surface area contributed by atoms with E-state index >= 15 is 0 Å². The normalized spacial score (nSPS) is 27.9. The van der Waals surface area contributed by atoms with Crippen LogP contribution >= 0.6 is 0 Å². The predicted octanol–water partition coefficient (Wildman–Crippen LogP) is 4.18. The van der Waals surface area contributed by atoms with Crippen LogP contribution in [0, 0.1) is 17.8 Å². The topological polar surface area (TPSA) is 26.3 Å². The number of carbonyl (C=O) groups is 1. The van der Waals surface area contributed by atoms with Crippen molar-refractivity contribution >= 4 is 5.97 Å². The Morgan fingerprint density at radius 1 is 1.14 bits per heavy atom. The highest BCUT2D eigenvalue weighted by Gasteiger charge is 2.43. The van der Waals surface area contributed by atoms with E-state index in [1.807, 2.05) is 0 Å². The molecule has 0 amide bonds. The van der Waals surface area contributed by atoms with Gasteiger partial charge in [0, 0.05) is 0 Å². The SMILES string of the molecule is O=C(OCc1ccc(C(F)(F)F)cc1)C1CC2CCC1C2. The third-order valence-corrected chi connectivity index (χ3v) is 4.70. The van der Waals surface area contributed by atoms with Crippen LogP contribution in [-0.2, 0) is 22.3 Å². The Kier molecular flexibility index (Phi) is 3.68. The molecule has 2 aliphatic rings. The van der Waals surface area contributed by atoms with E-state index < -0.39 is 11.7 Å². The number of alkyl halides is 3. The van der Waals surface area contributed by atoms with Gasteiger partial charge in [-0.05, 0) is 48.8 Å². The van der Waals surface area contributed by atoms with Crippen LogP contribution in [0.25, 0.3) is 0 Å². The third-order valence-electron chi connectivity index (χ3n) is 4.70. The number of hydrogen-bond acceptors (Lipinski definition) is 2. The Balaban J connectivity index is 1.54. The van der Waals surface area contributed by atoms with Crippen LogP contribution in [0.5, 0.6) is 0 Å². The molecular weight excluding hydrogens is 281 g/mol. The number of halogens is 3. The molecule has 2 aliphatic carbocycles. The second kappa shape index (κ2) is 5.35. The fourth-order valence-electron chi connectivity index (χ4n) is 3.58. The molecule has 3 rings (SSSR count). The van der Waals surface area contributed by atoms with Crippen molar-refractivity contribution in [2.75, 3.05) is 0 Å². The Morgan fingerprint density at radius 3 is 2.38 bits per heavy atom. The largest absolute Gasteiger partial charge is 0.461 e. The van der Waals surface area contributed by atoms with E-state index in [1.54, 1.807) is 0 Å². The zero-order valence-corrected chi connectivity index (χ0v) is 11.5. The minimum atomic E-state index is -4.34. The molecule has 2 saturated carbocycles. The summed E-state index contributed by atoms with van der Waals surface area (Å²) in [4.78, 5) is 12.0. The molecule has 3 unspecified atom stereocenters. The standard InChI is InChI=1S/C16H17F3O2/c17-16(18,19)13-5-2-10(3-6-13)9-21-15(20)14-8-11-1-4-12(14)7-11/h2-3,5-6,11-12,14H,1,4,7-9H2. The molecule has 0 aliphatic heterocycles. The summed E-state index contributed by atoms with van der Waals surface area (Å²) in [5.74, 6) is 0.925. The summed E-state index contributed by atoms with van der Waals surface area (Å²) in [5.41, 5.74) is -0.106. The summed E-state index contributed by atoms with van der Waals surface area (Å²) in [6.07, 6.45) is 0.0207. The summed E-state index contributed by atoms with van der Waals surface area (Å²) < 4.78 is 42.6. The van der Waals surface area contributed by atoms with E-state index in [0.717, 1.165) is 31.4 Å². The van der Waals surface area contributed by atoms with Crippen molar-refractivity contribution < 1.29 is 22.7 Å². The first-order valence-corrected chi connectivity index (χ1v) is 7.26. The lowest BCUT2D eigenvalue weighted by molar-refractivity contribution is -0.151. The molecule has 0 aromatic heterocycles. The molecule has 0 radical (unpaired) electrons. The van der Waals surface area contributed by atoms with E-state index in [1.165, 1.54) is 18.6 Å². The molecule has 1 aromatic rings. The van der Waals surface area contributed by atoms with Crippen LogP contribution in [-0.4, -0.2) is 5.97 Å². The van der Waals surface area contributed by atoms with Gasteiger partial charge in [-0.25, -0.2) is 0 Å². The average Bonchev–Trinajstić information content (AvgIpc) is 3.07. The van der Waals surface area contributed by atoms with Crippen molar-refractivity contribution in [3.8, 4) is 0 Å². The summed E-state index contributed by atoms with van der Waals surface area (Å²) >= 11 is 0. The van der Waals surface area contributed by atoms with Gasteiger partial charge in [-0.3, -0.25) is 4.79 Å². The number of fused-ring (bicyclic) bond motifs is 2. The van der Waals surface area contributed by atoms with Gasteiger partial charge in [0.1, 0.15) is 6.61 Å². The number of hydrogen-bond donors (Lipinski definition) is 0. The lowest BCUT2D eigenvalue weighted by Gasteiger charge is -2.20. The van der Waals surface area contributed by atoms with Crippen molar-refractivity contribution in [1.82, 2.24) is 0 Å². The van der Waals surface area contributed by atoms with E-state index in [0.29, 0.717) is 17.4 Å². The molecular formula is C16H17F3O2. The smallest absolute Gasteiger partial charge is 0.416 e. The van der Waals surface area contributed by atoms with Crippen LogP contribution < -0.4 is 0 Å². The Bertz CT molecular complexity index is 521. The minimum Gasteiger partial charge on any atom is -0.461 e. The van der Waals surface area contributed by atoms with Gasteiger partial charge in [0.15, 0.2) is 0 Å². The second-order valence-corrected chi connectivity index (χ2v) is 6.08. The van der Waals surface area contributed by atoms with Gasteiger partial charge in [-0.15, -0.1) is 0 Å². The number of rotatable bonds is 3. The number of ether oxygens (including phenoxy) is 1. The van der Waals surface area contributed by atoms with Crippen LogP contribution in [0.2, 0.25) is 0 Å². The second-order valence-electron chi connectivity index (χ2n) is 6.08. The summed E-state index contributed by atoms with van der Waals surface area (Å²) in [5, 5.41) is 0. The van der Waals surface area contributed by atoms with Gasteiger partial charge in [0.2, 0.25) is 0 Å². The first-order valence-electron chi connectivity index (χ1n) is 7.26. The van der Waals surface area contributed by atoms with Crippen molar-refractivity contribution in [2.45, 2.75) is 38.5 Å². The average molecular weight is 298 g/mol. The molecule has 3 atom stereocenters. The molecule has 114 valence electrons. The molecule has 21 heavy (non-hydrogen) atoms. The van der Waals surface area contributed by atoms with Crippen molar-refractivity contribution in [1.29, 1.82) is 0 Å². The molecule has 2 nitrogen and oxygen atoms in total. The number of esters is 1. The highest BCUT2D eigenvalue weighted by Crippen LogP contribution is 2.48. The summed E-state index contributed by atoms with van der Waals surface area (Å²) in [7, 11) is 0. The fraction of sp³-hybridized carbons (Fsp3) is 0.562. The third kappa shape index (κ3) is 3.06. The van der Waals surface area contributed by atoms with Crippen molar-refractivity contribution in [2.24, 2.45) is 17.8 Å². The van der Waals surface area contributed by atoms with Crippen LogP contribution in [0.3, 0.4) is 0 Å². The summed E-state index contributed by atoms with van der Waals surface area (Å²) in [6.45, 7) is 0.0465. The Labute approximate surface area is 121 Å². The minimum absolute atomic E-state index is 0.00167. The number of benzene rings is 1. The van der Waals surface area contributed by atoms with E-state index in [-0.39, 0.29) is 18.5 Å². The Hall–Kier alpha value is -1.52. The molecule has 1 aromatic carbocycles. The van der Waals surface area contributed by atoms with E-state index in [2.05, 4.69) is 0 Å². The van der Waals surface area contributed by atoms with Gasteiger partial charge in [0.25, 0.3) is 0 Å². The van der Waals surface area contributed by atoms with Crippen LogP contribution in [0.15, 0.2) is 24.3 Å². The van der Waals surface area contributed by atoms with Gasteiger partial charge in [-0.2, -0.15) is 13.2 Å². The molecule has 0 spiro atoms. The van der Waals surface area contributed by atoms with E-state index in [4.69, 9.17) is 4.74 Å². The summed E-state index contributed by atoms with van der Waals surface area (Å²) in [6, 6.07) is 4.75. The Morgan fingerprint density at radius 2 is 1.86 bits per heavy atom. The van der Waals surface area contributed by atoms with Crippen molar-refractivity contribution in [3.05, 3.63) is 35.4 Å².